The third-order valence-electron chi connectivity index (χ3n) is 3.31. The molecule has 16 heavy (non-hydrogen) atoms. The van der Waals surface area contributed by atoms with Crippen molar-refractivity contribution in [3.05, 3.63) is 0 Å². The lowest BCUT2D eigenvalue weighted by Gasteiger charge is -2.33. The van der Waals surface area contributed by atoms with Crippen molar-refractivity contribution < 1.29 is 10.0 Å². The van der Waals surface area contributed by atoms with Gasteiger partial charge in [-0.15, -0.1) is 16.7 Å². The number of nitrogens with one attached hydrogen (secondary N) is 1. The maximum atomic E-state index is 12.0. The fourth-order valence-corrected chi connectivity index (χ4v) is 2.43. The van der Waals surface area contributed by atoms with Crippen LogP contribution in [0.2, 0.25) is 0 Å². The van der Waals surface area contributed by atoms with E-state index in [-0.39, 0.29) is 18.4 Å². The quantitative estimate of drug-likeness (QED) is 0.709. The number of terminal acetylenes is 1. The van der Waals surface area contributed by atoms with E-state index in [1.165, 1.54) is 0 Å². The summed E-state index contributed by atoms with van der Waals surface area (Å²) in [5.74, 6) is 1.92. The Kier molecular flexibility index (Phi) is 3.32. The van der Waals surface area contributed by atoms with Crippen molar-refractivity contribution >= 4 is 5.91 Å². The summed E-state index contributed by atoms with van der Waals surface area (Å²) in [5, 5.41) is 15.7. The summed E-state index contributed by atoms with van der Waals surface area (Å²) in [5.41, 5.74) is -1.18. The molecule has 0 aromatic carbocycles. The summed E-state index contributed by atoms with van der Waals surface area (Å²) in [6.07, 6.45) is 5.64. The molecule has 1 aliphatic rings. The van der Waals surface area contributed by atoms with Crippen molar-refractivity contribution in [3.8, 4) is 12.3 Å². The van der Waals surface area contributed by atoms with E-state index in [0.29, 0.717) is 6.42 Å². The van der Waals surface area contributed by atoms with E-state index in [9.17, 15) is 10.0 Å². The van der Waals surface area contributed by atoms with Crippen LogP contribution < -0.4 is 5.32 Å². The molecular formula is C12H19N2O2. The third kappa shape index (κ3) is 2.06. The number of hydrogen-bond donors (Lipinski definition) is 1. The molecule has 4 heteroatoms. The van der Waals surface area contributed by atoms with Crippen LogP contribution in [0.3, 0.4) is 0 Å². The molecule has 1 unspecified atom stereocenters. The summed E-state index contributed by atoms with van der Waals surface area (Å²) in [6.45, 7) is 7.53. The maximum Gasteiger partial charge on any atom is 0.225 e. The fraction of sp³-hybridized carbons (Fsp3) is 0.750. The highest BCUT2D eigenvalue weighted by Gasteiger charge is 2.54. The summed E-state index contributed by atoms with van der Waals surface area (Å²) in [4.78, 5) is 11.9. The Morgan fingerprint density at radius 1 is 1.50 bits per heavy atom. The van der Waals surface area contributed by atoms with Crippen LogP contribution in [0, 0.1) is 18.3 Å². The normalized spacial score (nSPS) is 27.4. The van der Waals surface area contributed by atoms with Gasteiger partial charge in [-0.2, -0.15) is 0 Å². The molecule has 1 rings (SSSR count). The highest BCUT2D eigenvalue weighted by molar-refractivity contribution is 5.80. The molecular weight excluding hydrogens is 204 g/mol. The van der Waals surface area contributed by atoms with Gasteiger partial charge >= 0.3 is 0 Å². The fourth-order valence-electron chi connectivity index (χ4n) is 2.43. The Morgan fingerprint density at radius 2 is 2.06 bits per heavy atom. The number of carbonyl (C=O) groups excluding carboxylic acids is 1. The molecule has 4 nitrogen and oxygen atoms in total. The van der Waals surface area contributed by atoms with Gasteiger partial charge in [0.15, 0.2) is 0 Å². The topological polar surface area (TPSA) is 52.2 Å². The molecule has 1 saturated heterocycles. The molecule has 0 spiro atoms. The predicted molar refractivity (Wildman–Crippen MR) is 60.6 cm³/mol. The Balaban J connectivity index is 2.84. The van der Waals surface area contributed by atoms with E-state index >= 15 is 0 Å². The van der Waals surface area contributed by atoms with E-state index in [2.05, 4.69) is 11.2 Å². The van der Waals surface area contributed by atoms with E-state index in [0.717, 1.165) is 5.06 Å². The maximum absolute atomic E-state index is 12.0. The lowest BCUT2D eigenvalue weighted by Crippen LogP contribution is -2.49. The lowest BCUT2D eigenvalue weighted by atomic mass is 9.86. The molecule has 0 aliphatic carbocycles. The molecule has 1 N–H and O–H groups in total. The van der Waals surface area contributed by atoms with Gasteiger partial charge in [-0.05, 0) is 34.1 Å². The number of hydroxylamine groups is 2. The lowest BCUT2D eigenvalue weighted by molar-refractivity contribution is -0.247. The number of rotatable bonds is 2. The minimum atomic E-state index is -0.678. The van der Waals surface area contributed by atoms with Crippen LogP contribution in [0.1, 0.15) is 34.1 Å². The van der Waals surface area contributed by atoms with E-state index < -0.39 is 11.1 Å². The summed E-state index contributed by atoms with van der Waals surface area (Å²) in [7, 11) is 0. The minimum absolute atomic E-state index is 0.130. The Morgan fingerprint density at radius 3 is 2.44 bits per heavy atom. The zero-order valence-corrected chi connectivity index (χ0v) is 10.3. The van der Waals surface area contributed by atoms with Gasteiger partial charge in [0, 0.05) is 5.54 Å². The smallest absolute Gasteiger partial charge is 0.225 e. The number of hydrogen-bond acceptors (Lipinski definition) is 2. The summed E-state index contributed by atoms with van der Waals surface area (Å²) in [6, 6.07) is 0. The summed E-state index contributed by atoms with van der Waals surface area (Å²) < 4.78 is 0. The second kappa shape index (κ2) is 4.08. The predicted octanol–water partition coefficient (Wildman–Crippen LogP) is 0.960. The molecule has 1 amide bonds. The van der Waals surface area contributed by atoms with Gasteiger partial charge in [0.25, 0.3) is 0 Å². The van der Waals surface area contributed by atoms with Gasteiger partial charge in [0.2, 0.25) is 5.91 Å². The molecule has 1 atom stereocenters. The van der Waals surface area contributed by atoms with Crippen molar-refractivity contribution in [2.75, 3.05) is 6.54 Å². The SMILES string of the molecule is C#CCNC(=O)C1CC(C)(C)N([O])C1(C)C. The van der Waals surface area contributed by atoms with Crippen molar-refractivity contribution in [3.63, 3.8) is 0 Å². The highest BCUT2D eigenvalue weighted by Crippen LogP contribution is 2.43. The average molecular weight is 223 g/mol. The summed E-state index contributed by atoms with van der Waals surface area (Å²) >= 11 is 0. The molecule has 0 bridgehead atoms. The number of nitrogens with zero attached hydrogens (tertiary/aromatic N) is 1. The Bertz CT molecular complexity index is 328. The first-order valence-electron chi connectivity index (χ1n) is 5.42. The van der Waals surface area contributed by atoms with Crippen molar-refractivity contribution in [2.45, 2.75) is 45.2 Å². The van der Waals surface area contributed by atoms with Gasteiger partial charge in [-0.1, -0.05) is 5.92 Å². The van der Waals surface area contributed by atoms with Crippen LogP contribution in [-0.2, 0) is 10.0 Å². The van der Waals surface area contributed by atoms with Crippen molar-refractivity contribution in [1.29, 1.82) is 0 Å². The van der Waals surface area contributed by atoms with Gasteiger partial charge in [0.05, 0.1) is 18.0 Å². The number of carbonyl (C=O) groups is 1. The van der Waals surface area contributed by atoms with Crippen LogP contribution in [0.25, 0.3) is 0 Å². The minimum Gasteiger partial charge on any atom is -0.345 e. The zero-order valence-electron chi connectivity index (χ0n) is 10.3. The first-order chi connectivity index (χ1) is 7.23. The average Bonchev–Trinajstić information content (AvgIpc) is 2.35. The molecule has 1 aliphatic heterocycles. The monoisotopic (exact) mass is 223 g/mol. The second-order valence-electron chi connectivity index (χ2n) is 5.44. The first-order valence-corrected chi connectivity index (χ1v) is 5.42. The zero-order chi connectivity index (χ0) is 12.6. The van der Waals surface area contributed by atoms with Crippen LogP contribution in [0.5, 0.6) is 0 Å². The van der Waals surface area contributed by atoms with Crippen LogP contribution in [-0.4, -0.2) is 28.6 Å². The van der Waals surface area contributed by atoms with Gasteiger partial charge < -0.3 is 5.32 Å². The molecule has 0 aromatic rings. The van der Waals surface area contributed by atoms with Crippen LogP contribution >= 0.6 is 0 Å². The Hall–Kier alpha value is -1.05. The standard InChI is InChI=1S/C12H19N2O2/c1-6-7-13-10(15)9-8-11(2,3)14(16)12(9,4)5/h1,9H,7-8H2,2-5H3,(H,13,15). The van der Waals surface area contributed by atoms with Crippen LogP contribution in [0.15, 0.2) is 0 Å². The number of amides is 1. The molecule has 0 aromatic heterocycles. The molecule has 89 valence electrons. The largest absolute Gasteiger partial charge is 0.345 e. The van der Waals surface area contributed by atoms with E-state index in [1.54, 1.807) is 13.8 Å². The second-order valence-corrected chi connectivity index (χ2v) is 5.44. The van der Waals surface area contributed by atoms with E-state index in [4.69, 9.17) is 6.42 Å². The van der Waals surface area contributed by atoms with Crippen molar-refractivity contribution in [1.82, 2.24) is 10.4 Å². The van der Waals surface area contributed by atoms with Gasteiger partial charge in [0.1, 0.15) is 0 Å². The highest BCUT2D eigenvalue weighted by atomic mass is 16.5. The Labute approximate surface area is 97.0 Å². The van der Waals surface area contributed by atoms with Crippen molar-refractivity contribution in [2.24, 2.45) is 5.92 Å². The van der Waals surface area contributed by atoms with Gasteiger partial charge in [-0.25, -0.2) is 0 Å². The molecule has 0 saturated carbocycles. The first kappa shape index (κ1) is 13.0. The van der Waals surface area contributed by atoms with Crippen LogP contribution in [0.4, 0.5) is 0 Å². The van der Waals surface area contributed by atoms with E-state index in [1.807, 2.05) is 13.8 Å². The third-order valence-corrected chi connectivity index (χ3v) is 3.31. The van der Waals surface area contributed by atoms with Gasteiger partial charge in [-0.3, -0.25) is 4.79 Å². The molecule has 1 radical (unpaired) electrons. The molecule has 1 heterocycles. The molecule has 1 fully saturated rings.